The van der Waals surface area contributed by atoms with Crippen LogP contribution >= 0.6 is 0 Å². The number of hydrogen-bond donors (Lipinski definition) is 0. The van der Waals surface area contributed by atoms with E-state index < -0.39 is 0 Å². The molecule has 0 atom stereocenters. The molecule has 0 unspecified atom stereocenters. The predicted molar refractivity (Wildman–Crippen MR) is 406 cm³/mol. The van der Waals surface area contributed by atoms with Gasteiger partial charge in [0.05, 0.1) is 0 Å². The van der Waals surface area contributed by atoms with Crippen LogP contribution in [0.5, 0.6) is 0 Å². The van der Waals surface area contributed by atoms with Gasteiger partial charge in [-0.05, 0) is 33.2 Å². The fourth-order valence-electron chi connectivity index (χ4n) is 15.1. The number of fused-ring (bicyclic) bond motifs is 20. The second kappa shape index (κ2) is 21.8. The van der Waals surface area contributed by atoms with Crippen LogP contribution < -0.4 is 26.2 Å². The second-order valence-electron chi connectivity index (χ2n) is 29.3. The van der Waals surface area contributed by atoms with E-state index in [0.29, 0.717) is 0 Å². The van der Waals surface area contributed by atoms with Gasteiger partial charge in [-0.15, -0.1) is 0 Å². The minimum atomic E-state index is -0.281. The molecule has 0 saturated carbocycles. The van der Waals surface area contributed by atoms with Gasteiger partial charge in [0.2, 0.25) is 0 Å². The molecule has 4 heterocycles. The summed E-state index contributed by atoms with van der Waals surface area (Å²) in [5.41, 5.74) is 33.1. The van der Waals surface area contributed by atoms with Crippen molar-refractivity contribution < 1.29 is 0 Å². The van der Waals surface area contributed by atoms with Crippen LogP contribution in [0.25, 0.3) is 108 Å². The summed E-state index contributed by atoms with van der Waals surface area (Å²) in [6.07, 6.45) is 0. The molecule has 13 bridgehead atoms. The van der Waals surface area contributed by atoms with Gasteiger partial charge in [0, 0.05) is 0 Å². The van der Waals surface area contributed by atoms with Gasteiger partial charge in [0.1, 0.15) is 0 Å². The van der Waals surface area contributed by atoms with E-state index in [1.165, 1.54) is 164 Å². The van der Waals surface area contributed by atoms with Gasteiger partial charge in [-0.1, -0.05) is 142 Å². The van der Waals surface area contributed by atoms with Crippen LogP contribution in [-0.2, 0) is 16.2 Å². The Bertz CT molecular complexity index is 5050. The van der Waals surface area contributed by atoms with Gasteiger partial charge >= 0.3 is 382 Å². The summed E-state index contributed by atoms with van der Waals surface area (Å²) in [4.78, 5) is 5.46. The van der Waals surface area contributed by atoms with Crippen LogP contribution in [0.3, 0.4) is 0 Å². The first-order valence-electron chi connectivity index (χ1n) is 33.3. The third-order valence-electron chi connectivity index (χ3n) is 20.2. The number of benzene rings is 13. The molecule has 0 fully saturated rings. The van der Waals surface area contributed by atoms with E-state index in [1.807, 2.05) is 0 Å². The predicted octanol–water partition coefficient (Wildman–Crippen LogP) is 22.7. The topological polar surface area (TPSA) is 6.48 Å². The van der Waals surface area contributed by atoms with E-state index in [2.05, 4.69) is 351 Å². The molecule has 0 N–H and O–H groups in total. The molecule has 0 saturated heterocycles. The summed E-state index contributed by atoms with van der Waals surface area (Å²) in [7, 11) is 0. The molecule has 4 heteroatoms. The van der Waals surface area contributed by atoms with E-state index in [-0.39, 0.29) is 37.5 Å². The molecule has 94 heavy (non-hydrogen) atoms. The van der Waals surface area contributed by atoms with Crippen molar-refractivity contribution in [2.75, 3.05) is 9.80 Å². The van der Waals surface area contributed by atoms with Crippen molar-refractivity contribution in [1.29, 1.82) is 0 Å². The van der Waals surface area contributed by atoms with Crippen molar-refractivity contribution >= 4 is 91.0 Å². The Morgan fingerprint density at radius 1 is 0.255 bits per heavy atom. The van der Waals surface area contributed by atoms with Gasteiger partial charge in [0.25, 0.3) is 6.71 Å². The van der Waals surface area contributed by atoms with Crippen molar-refractivity contribution in [3.8, 4) is 89.0 Å². The van der Waals surface area contributed by atoms with Crippen molar-refractivity contribution in [2.24, 2.45) is 0 Å². The third kappa shape index (κ3) is 9.67. The molecule has 0 spiro atoms. The van der Waals surface area contributed by atoms with Crippen molar-refractivity contribution in [1.82, 2.24) is 0 Å². The SMILES string of the molecule is CC(C)(C)c1cc(-c2ccccc2)c2c(c1)-c1cccc(c1)-c1ccc3[se]c4ccc(cc4c3c1)-c1cccc(c1)-c1cc(C(C)(C)C)cc(-c3ccccc3)c1N1c3ccc(-c4ccccc4)cc3B3c4cc(-c5ccccc5)ccc4N2c2cc(C(C)(C)C)cc1c23. The Morgan fingerprint density at radius 3 is 0.947 bits per heavy atom. The Morgan fingerprint density at radius 2 is 0.564 bits per heavy atom. The number of nitrogens with zero attached hydrogens (tertiary/aromatic N) is 2. The fraction of sp³-hybridized carbons (Fsp3) is 0.133. The van der Waals surface area contributed by atoms with Gasteiger partial charge < -0.3 is 0 Å². The zero-order valence-electron chi connectivity index (χ0n) is 54.9. The van der Waals surface area contributed by atoms with Gasteiger partial charge in [-0.25, -0.2) is 0 Å². The Labute approximate surface area is 560 Å². The first-order valence-corrected chi connectivity index (χ1v) is 35.0. The Hall–Kier alpha value is -9.96. The van der Waals surface area contributed by atoms with E-state index >= 15 is 0 Å². The molecule has 14 aromatic rings. The quantitative estimate of drug-likeness (QED) is 0.162. The number of rotatable bonds is 4. The summed E-state index contributed by atoms with van der Waals surface area (Å²) in [5.74, 6) is 0. The minimum absolute atomic E-state index is 0.186. The standard InChI is InChI=1S/C90H73BN2Se/c1-88(2,3)68-50-71(58-28-18-12-19-29-58)86-73(52-68)66-34-22-32-60(44-66)62-38-42-83-75(46-62)76-47-63(39-43-84(76)94-83)61-33-23-35-67(45-61)74-53-69(89(4,5)6)51-72(59-30-20-13-21-31-59)87(74)93-80-41-37-65(57-26-16-11-17-27-57)49-78(80)91-77-48-64(56-24-14-10-15-25-56)36-40-79(77)92(86)81-54-70(90(7,8)9)55-82(93)85(81)91/h10-55H,1-9H3. The van der Waals surface area contributed by atoms with E-state index in [0.717, 1.165) is 11.4 Å². The summed E-state index contributed by atoms with van der Waals surface area (Å²) in [6.45, 7) is 21.2. The molecule has 17 rings (SSSR count). The van der Waals surface area contributed by atoms with Crippen LogP contribution in [0.4, 0.5) is 34.1 Å². The molecule has 3 aliphatic rings. The average Bonchev–Trinajstić information content (AvgIpc) is 1.08. The molecule has 0 amide bonds. The molecule has 452 valence electrons. The van der Waals surface area contributed by atoms with Crippen LogP contribution in [0, 0.1) is 0 Å². The Kier molecular flexibility index (Phi) is 13.4. The third-order valence-corrected chi connectivity index (χ3v) is 22.6. The molecule has 2 nitrogen and oxygen atoms in total. The second-order valence-corrected chi connectivity index (χ2v) is 31.6. The van der Waals surface area contributed by atoms with Crippen molar-refractivity contribution in [2.45, 2.75) is 78.6 Å². The van der Waals surface area contributed by atoms with E-state index in [1.54, 1.807) is 0 Å². The molecule has 13 aromatic carbocycles. The summed E-state index contributed by atoms with van der Waals surface area (Å²) < 4.78 is 2.87. The molecule has 1 aromatic heterocycles. The number of hydrogen-bond acceptors (Lipinski definition) is 2. The normalized spacial score (nSPS) is 13.1. The van der Waals surface area contributed by atoms with Gasteiger partial charge in [-0.2, -0.15) is 0 Å². The summed E-state index contributed by atoms with van der Waals surface area (Å²) >= 11 is 0.186. The zero-order chi connectivity index (χ0) is 63.9. The zero-order valence-corrected chi connectivity index (χ0v) is 56.7. The van der Waals surface area contributed by atoms with Crippen LogP contribution in [0.2, 0.25) is 0 Å². The van der Waals surface area contributed by atoms with E-state index in [4.69, 9.17) is 0 Å². The van der Waals surface area contributed by atoms with Crippen LogP contribution in [0.1, 0.15) is 79.0 Å². The first kappa shape index (κ1) is 57.9. The van der Waals surface area contributed by atoms with Crippen molar-refractivity contribution in [3.05, 3.63) is 296 Å². The summed E-state index contributed by atoms with van der Waals surface area (Å²) in [6, 6.07) is 108. The van der Waals surface area contributed by atoms with Crippen LogP contribution in [0.15, 0.2) is 279 Å². The monoisotopic (exact) mass is 1270 g/mol. The molecule has 3 aliphatic heterocycles. The maximum atomic E-state index is 2.73. The molecule has 0 aliphatic carbocycles. The molecular formula is C90H73BN2Se. The number of anilines is 6. The molecule has 0 radical (unpaired) electrons. The molecular weight excluding hydrogens is 1200 g/mol. The van der Waals surface area contributed by atoms with Gasteiger partial charge in [-0.3, -0.25) is 0 Å². The van der Waals surface area contributed by atoms with Crippen LogP contribution in [-0.4, -0.2) is 21.2 Å². The van der Waals surface area contributed by atoms with E-state index in [9.17, 15) is 0 Å². The van der Waals surface area contributed by atoms with Crippen molar-refractivity contribution in [3.63, 3.8) is 0 Å². The summed E-state index contributed by atoms with van der Waals surface area (Å²) in [5, 5.41) is 2.69. The Balaban J connectivity index is 1.10. The fourth-order valence-corrected chi connectivity index (χ4v) is 17.4. The average molecular weight is 1270 g/mol. The first-order chi connectivity index (χ1) is 45.5. The maximum absolute atomic E-state index is 2.73. The van der Waals surface area contributed by atoms with Gasteiger partial charge in [0.15, 0.2) is 0 Å².